The summed E-state index contributed by atoms with van der Waals surface area (Å²) in [5.41, 5.74) is 3.94. The third-order valence-electron chi connectivity index (χ3n) is 3.17. The van der Waals surface area contributed by atoms with E-state index in [1.165, 1.54) is 22.7 Å². The summed E-state index contributed by atoms with van der Waals surface area (Å²) in [5.74, 6) is 0. The smallest absolute Gasteiger partial charge is 0.134 e. The predicted octanol–water partition coefficient (Wildman–Crippen LogP) is 2.49. The lowest BCUT2D eigenvalue weighted by Gasteiger charge is -2.13. The molecule has 1 aliphatic heterocycles. The molecule has 2 aromatic rings. The Balaban J connectivity index is 1.70. The molecule has 0 amide bonds. The fourth-order valence-corrected chi connectivity index (χ4v) is 2.97. The Morgan fingerprint density at radius 2 is 2.00 bits per heavy atom. The standard InChI is InChI=1S/C13H16N4S/c1-2-14-13-12(15-16-18-13)9-17-7-10-5-3-4-6-11(10)8-17/h3-6,14H,2,7-9H2,1H3. The van der Waals surface area contributed by atoms with Gasteiger partial charge < -0.3 is 5.32 Å². The van der Waals surface area contributed by atoms with Crippen LogP contribution < -0.4 is 5.32 Å². The molecular weight excluding hydrogens is 244 g/mol. The number of hydrogen-bond acceptors (Lipinski definition) is 5. The Hall–Kier alpha value is -1.46. The first-order valence-corrected chi connectivity index (χ1v) is 6.98. The largest absolute Gasteiger partial charge is 0.374 e. The molecule has 4 nitrogen and oxygen atoms in total. The maximum absolute atomic E-state index is 4.23. The molecule has 1 aromatic carbocycles. The van der Waals surface area contributed by atoms with E-state index in [9.17, 15) is 0 Å². The molecule has 0 saturated heterocycles. The summed E-state index contributed by atoms with van der Waals surface area (Å²) in [6.45, 7) is 5.90. The van der Waals surface area contributed by atoms with E-state index in [1.807, 2.05) is 0 Å². The molecule has 0 fully saturated rings. The summed E-state index contributed by atoms with van der Waals surface area (Å²) >= 11 is 1.44. The average Bonchev–Trinajstić information content (AvgIpc) is 2.97. The second kappa shape index (κ2) is 5.04. The Labute approximate surface area is 111 Å². The van der Waals surface area contributed by atoms with Crippen molar-refractivity contribution >= 4 is 16.5 Å². The molecule has 1 aromatic heterocycles. The van der Waals surface area contributed by atoms with Gasteiger partial charge in [0.05, 0.1) is 0 Å². The average molecular weight is 260 g/mol. The van der Waals surface area contributed by atoms with Gasteiger partial charge in [-0.15, -0.1) is 5.10 Å². The maximum Gasteiger partial charge on any atom is 0.134 e. The molecule has 5 heteroatoms. The lowest BCUT2D eigenvalue weighted by molar-refractivity contribution is 0.272. The minimum Gasteiger partial charge on any atom is -0.374 e. The van der Waals surface area contributed by atoms with Gasteiger partial charge in [0, 0.05) is 37.7 Å². The highest BCUT2D eigenvalue weighted by atomic mass is 32.1. The quantitative estimate of drug-likeness (QED) is 0.917. The minimum absolute atomic E-state index is 0.869. The fraction of sp³-hybridized carbons (Fsp3) is 0.385. The van der Waals surface area contributed by atoms with Crippen LogP contribution in [-0.2, 0) is 19.6 Å². The molecule has 0 atom stereocenters. The van der Waals surface area contributed by atoms with E-state index in [-0.39, 0.29) is 0 Å². The molecule has 0 unspecified atom stereocenters. The molecule has 0 aliphatic carbocycles. The molecule has 1 N–H and O–H groups in total. The fourth-order valence-electron chi connectivity index (χ4n) is 2.33. The van der Waals surface area contributed by atoms with Crippen LogP contribution in [0.4, 0.5) is 5.00 Å². The summed E-state index contributed by atoms with van der Waals surface area (Å²) < 4.78 is 4.03. The van der Waals surface area contributed by atoms with E-state index in [4.69, 9.17) is 0 Å². The number of anilines is 1. The van der Waals surface area contributed by atoms with Crippen LogP contribution in [0.15, 0.2) is 24.3 Å². The molecule has 2 heterocycles. The SMILES string of the molecule is CCNc1snnc1CN1Cc2ccccc2C1. The van der Waals surface area contributed by atoms with Gasteiger partial charge in [0.1, 0.15) is 10.7 Å². The number of benzene rings is 1. The van der Waals surface area contributed by atoms with Gasteiger partial charge in [0.25, 0.3) is 0 Å². The summed E-state index contributed by atoms with van der Waals surface area (Å²) in [4.78, 5) is 2.40. The van der Waals surface area contributed by atoms with E-state index in [2.05, 4.69) is 51.0 Å². The van der Waals surface area contributed by atoms with Crippen LogP contribution in [-0.4, -0.2) is 21.0 Å². The number of aromatic nitrogens is 2. The molecular formula is C13H16N4S. The minimum atomic E-state index is 0.869. The summed E-state index contributed by atoms with van der Waals surface area (Å²) in [7, 11) is 0. The Morgan fingerprint density at radius 1 is 1.28 bits per heavy atom. The molecule has 94 valence electrons. The van der Waals surface area contributed by atoms with Gasteiger partial charge in [-0.25, -0.2) is 0 Å². The third kappa shape index (κ3) is 2.23. The molecule has 0 radical (unpaired) electrons. The molecule has 1 aliphatic rings. The van der Waals surface area contributed by atoms with E-state index >= 15 is 0 Å². The van der Waals surface area contributed by atoms with Gasteiger partial charge in [0.2, 0.25) is 0 Å². The Bertz CT molecular complexity index is 512. The van der Waals surface area contributed by atoms with E-state index in [0.29, 0.717) is 0 Å². The van der Waals surface area contributed by atoms with Crippen LogP contribution in [0.2, 0.25) is 0 Å². The third-order valence-corrected chi connectivity index (χ3v) is 3.90. The zero-order valence-corrected chi connectivity index (χ0v) is 11.2. The molecule has 0 saturated carbocycles. The topological polar surface area (TPSA) is 41.1 Å². The second-order valence-corrected chi connectivity index (χ2v) is 5.25. The molecule has 18 heavy (non-hydrogen) atoms. The van der Waals surface area contributed by atoms with Crippen molar-refractivity contribution in [2.75, 3.05) is 11.9 Å². The van der Waals surface area contributed by atoms with Gasteiger partial charge in [-0.3, -0.25) is 4.90 Å². The molecule has 0 spiro atoms. The van der Waals surface area contributed by atoms with Crippen LogP contribution in [0.25, 0.3) is 0 Å². The number of hydrogen-bond donors (Lipinski definition) is 1. The lowest BCUT2D eigenvalue weighted by atomic mass is 10.1. The van der Waals surface area contributed by atoms with Gasteiger partial charge in [-0.1, -0.05) is 28.8 Å². The monoisotopic (exact) mass is 260 g/mol. The highest BCUT2D eigenvalue weighted by Gasteiger charge is 2.20. The maximum atomic E-state index is 4.23. The van der Waals surface area contributed by atoms with Crippen LogP contribution in [0, 0.1) is 0 Å². The van der Waals surface area contributed by atoms with Gasteiger partial charge >= 0.3 is 0 Å². The van der Waals surface area contributed by atoms with Crippen molar-refractivity contribution in [1.82, 2.24) is 14.5 Å². The first kappa shape index (κ1) is 11.6. The number of nitrogens with one attached hydrogen (secondary N) is 1. The van der Waals surface area contributed by atoms with Gasteiger partial charge in [0.15, 0.2) is 0 Å². The van der Waals surface area contributed by atoms with E-state index in [1.54, 1.807) is 0 Å². The number of rotatable bonds is 4. The Morgan fingerprint density at radius 3 is 2.67 bits per heavy atom. The van der Waals surface area contributed by atoms with Crippen molar-refractivity contribution in [2.45, 2.75) is 26.6 Å². The van der Waals surface area contributed by atoms with Crippen molar-refractivity contribution in [3.63, 3.8) is 0 Å². The summed E-state index contributed by atoms with van der Waals surface area (Å²) in [6.07, 6.45) is 0. The van der Waals surface area contributed by atoms with E-state index in [0.717, 1.165) is 36.9 Å². The van der Waals surface area contributed by atoms with Crippen LogP contribution in [0.1, 0.15) is 23.7 Å². The molecule has 3 rings (SSSR count). The van der Waals surface area contributed by atoms with Crippen molar-refractivity contribution in [3.05, 3.63) is 41.1 Å². The van der Waals surface area contributed by atoms with E-state index < -0.39 is 0 Å². The summed E-state index contributed by atoms with van der Waals surface area (Å²) in [5, 5.41) is 8.65. The Kier molecular flexibility index (Phi) is 3.25. The van der Waals surface area contributed by atoms with Gasteiger partial charge in [-0.05, 0) is 18.1 Å². The highest BCUT2D eigenvalue weighted by molar-refractivity contribution is 7.10. The predicted molar refractivity (Wildman–Crippen MR) is 73.5 cm³/mol. The normalized spacial score (nSPS) is 14.7. The van der Waals surface area contributed by atoms with Crippen molar-refractivity contribution in [2.24, 2.45) is 0 Å². The van der Waals surface area contributed by atoms with Crippen molar-refractivity contribution in [3.8, 4) is 0 Å². The number of fused-ring (bicyclic) bond motifs is 1. The van der Waals surface area contributed by atoms with Crippen molar-refractivity contribution < 1.29 is 0 Å². The zero-order valence-electron chi connectivity index (χ0n) is 10.4. The van der Waals surface area contributed by atoms with Crippen LogP contribution >= 0.6 is 11.5 Å². The molecule has 0 bridgehead atoms. The first-order valence-electron chi connectivity index (χ1n) is 6.21. The number of nitrogens with zero attached hydrogens (tertiary/aromatic N) is 3. The second-order valence-electron chi connectivity index (χ2n) is 4.49. The van der Waals surface area contributed by atoms with Crippen molar-refractivity contribution in [1.29, 1.82) is 0 Å². The lowest BCUT2D eigenvalue weighted by Crippen LogP contribution is -2.17. The van der Waals surface area contributed by atoms with Crippen LogP contribution in [0.3, 0.4) is 0 Å². The van der Waals surface area contributed by atoms with Crippen LogP contribution in [0.5, 0.6) is 0 Å². The zero-order chi connectivity index (χ0) is 12.4. The summed E-state index contributed by atoms with van der Waals surface area (Å²) in [6, 6.07) is 8.63. The highest BCUT2D eigenvalue weighted by Crippen LogP contribution is 2.26. The van der Waals surface area contributed by atoms with Gasteiger partial charge in [-0.2, -0.15) is 0 Å². The first-order chi connectivity index (χ1) is 8.86.